The fourth-order valence-corrected chi connectivity index (χ4v) is 3.19. The van der Waals surface area contributed by atoms with E-state index in [1.54, 1.807) is 12.4 Å². The topological polar surface area (TPSA) is 69.8 Å². The lowest BCUT2D eigenvalue weighted by Gasteiger charge is -2.13. The Balaban J connectivity index is 1.42. The number of hydrogen-bond donors (Lipinski definition) is 1. The van der Waals surface area contributed by atoms with Crippen molar-refractivity contribution in [1.82, 2.24) is 29.6 Å². The number of nitrogens with one attached hydrogen (secondary N) is 1. The fraction of sp³-hybridized carbons (Fsp3) is 0.150. The molecule has 1 aliphatic rings. The van der Waals surface area contributed by atoms with E-state index in [1.807, 2.05) is 57.9 Å². The molecule has 27 heavy (non-hydrogen) atoms. The third-order valence-corrected chi connectivity index (χ3v) is 4.50. The molecule has 7 nitrogen and oxygen atoms in total. The lowest BCUT2D eigenvalue weighted by atomic mass is 10.3. The zero-order chi connectivity index (χ0) is 18.1. The maximum Gasteiger partial charge on any atom is 0.219 e. The van der Waals surface area contributed by atoms with E-state index in [-0.39, 0.29) is 0 Å². The fourth-order valence-electron chi connectivity index (χ4n) is 3.19. The normalized spacial score (nSPS) is 13.3. The predicted molar refractivity (Wildman–Crippen MR) is 101 cm³/mol. The molecule has 1 aliphatic heterocycles. The number of ether oxygens (including phenoxy) is 1. The minimum absolute atomic E-state index is 0.551. The van der Waals surface area contributed by atoms with E-state index in [0.29, 0.717) is 5.88 Å². The zero-order valence-electron chi connectivity index (χ0n) is 14.6. The zero-order valence-corrected chi connectivity index (χ0v) is 14.6. The first kappa shape index (κ1) is 15.8. The van der Waals surface area contributed by atoms with Crippen LogP contribution in [0.5, 0.6) is 11.6 Å². The monoisotopic (exact) mass is 358 g/mol. The highest BCUT2D eigenvalue weighted by Gasteiger charge is 2.16. The first-order chi connectivity index (χ1) is 13.4. The van der Waals surface area contributed by atoms with Crippen molar-refractivity contribution >= 4 is 0 Å². The van der Waals surface area contributed by atoms with Gasteiger partial charge in [0.1, 0.15) is 11.4 Å². The molecule has 4 aromatic rings. The van der Waals surface area contributed by atoms with Crippen LogP contribution in [0.25, 0.3) is 17.2 Å². The van der Waals surface area contributed by atoms with Gasteiger partial charge in [0.05, 0.1) is 24.1 Å². The Morgan fingerprint density at radius 2 is 1.96 bits per heavy atom. The number of pyridine rings is 1. The summed E-state index contributed by atoms with van der Waals surface area (Å²) in [5.74, 6) is 2.11. The molecule has 3 aromatic heterocycles. The third-order valence-electron chi connectivity index (χ3n) is 4.50. The van der Waals surface area contributed by atoms with Gasteiger partial charge in [-0.05, 0) is 24.3 Å². The van der Waals surface area contributed by atoms with Gasteiger partial charge in [0, 0.05) is 31.5 Å². The lowest BCUT2D eigenvalue weighted by Crippen LogP contribution is -2.28. The van der Waals surface area contributed by atoms with Crippen molar-refractivity contribution in [3.05, 3.63) is 72.8 Å². The first-order valence-corrected chi connectivity index (χ1v) is 8.87. The second-order valence-corrected chi connectivity index (χ2v) is 6.31. The van der Waals surface area contributed by atoms with Crippen LogP contribution >= 0.6 is 0 Å². The van der Waals surface area contributed by atoms with Crippen molar-refractivity contribution in [2.24, 2.45) is 0 Å². The summed E-state index contributed by atoms with van der Waals surface area (Å²) in [4.78, 5) is 8.93. The van der Waals surface area contributed by atoms with Gasteiger partial charge in [-0.3, -0.25) is 9.25 Å². The molecular formula is C20H18N6O. The quantitative estimate of drug-likeness (QED) is 0.607. The Morgan fingerprint density at radius 3 is 2.78 bits per heavy atom. The van der Waals surface area contributed by atoms with E-state index in [0.717, 1.165) is 42.6 Å². The molecule has 0 fully saturated rings. The van der Waals surface area contributed by atoms with E-state index >= 15 is 0 Å². The highest BCUT2D eigenvalue weighted by molar-refractivity contribution is 5.54. The summed E-state index contributed by atoms with van der Waals surface area (Å²) in [6, 6.07) is 15.5. The second kappa shape index (κ2) is 6.69. The number of aromatic nitrogens is 5. The van der Waals surface area contributed by atoms with Crippen LogP contribution in [0.3, 0.4) is 0 Å². The van der Waals surface area contributed by atoms with Crippen LogP contribution in [0.1, 0.15) is 5.69 Å². The van der Waals surface area contributed by atoms with Crippen molar-refractivity contribution in [1.29, 1.82) is 0 Å². The molecule has 1 N–H and O–H groups in total. The van der Waals surface area contributed by atoms with Gasteiger partial charge in [-0.15, -0.1) is 0 Å². The van der Waals surface area contributed by atoms with Gasteiger partial charge >= 0.3 is 0 Å². The molecule has 0 atom stereocenters. The van der Waals surface area contributed by atoms with Crippen LogP contribution in [0.2, 0.25) is 0 Å². The highest BCUT2D eigenvalue weighted by Crippen LogP contribution is 2.24. The van der Waals surface area contributed by atoms with Gasteiger partial charge in [0.15, 0.2) is 5.82 Å². The van der Waals surface area contributed by atoms with Gasteiger partial charge in [0.2, 0.25) is 5.88 Å². The minimum Gasteiger partial charge on any atom is -0.439 e. The minimum atomic E-state index is 0.551. The standard InChI is InChI=1S/C20H18N6O/c1-2-4-17(5-3-1)27-19-7-6-15(14-23-19)25-10-9-22-20(25)18-12-16-13-21-8-11-26(16)24-18/h1-7,9-10,12,14,21H,8,11,13H2. The van der Waals surface area contributed by atoms with Gasteiger partial charge < -0.3 is 10.1 Å². The molecule has 7 heteroatoms. The predicted octanol–water partition coefficient (Wildman–Crippen LogP) is 3.03. The summed E-state index contributed by atoms with van der Waals surface area (Å²) in [5.41, 5.74) is 2.95. The van der Waals surface area contributed by atoms with Crippen molar-refractivity contribution < 1.29 is 4.74 Å². The summed E-state index contributed by atoms with van der Waals surface area (Å²) in [6.07, 6.45) is 5.47. The molecule has 134 valence electrons. The van der Waals surface area contributed by atoms with E-state index in [9.17, 15) is 0 Å². The van der Waals surface area contributed by atoms with Crippen molar-refractivity contribution in [3.8, 4) is 28.8 Å². The van der Waals surface area contributed by atoms with Crippen LogP contribution in [-0.4, -0.2) is 30.9 Å². The van der Waals surface area contributed by atoms with Crippen molar-refractivity contribution in [2.75, 3.05) is 6.54 Å². The highest BCUT2D eigenvalue weighted by atomic mass is 16.5. The molecule has 0 aliphatic carbocycles. The molecule has 0 radical (unpaired) electrons. The SMILES string of the molecule is c1ccc(Oc2ccc(-n3ccnc3-c3cc4n(n3)CCNC4)cn2)cc1. The summed E-state index contributed by atoms with van der Waals surface area (Å²) in [6.45, 7) is 2.65. The maximum absolute atomic E-state index is 5.76. The van der Waals surface area contributed by atoms with Crippen LogP contribution in [0.15, 0.2) is 67.1 Å². The summed E-state index contributed by atoms with van der Waals surface area (Å²) in [7, 11) is 0. The molecule has 0 saturated heterocycles. The lowest BCUT2D eigenvalue weighted by molar-refractivity contribution is 0.463. The number of fused-ring (bicyclic) bond motifs is 1. The molecule has 0 bridgehead atoms. The Kier molecular flexibility index (Phi) is 3.91. The Hall–Kier alpha value is -3.45. The summed E-state index contributed by atoms with van der Waals surface area (Å²) in [5, 5.41) is 8.06. The Labute approximate surface area is 156 Å². The molecule has 5 rings (SSSR count). The van der Waals surface area contributed by atoms with Crippen LogP contribution in [0.4, 0.5) is 0 Å². The van der Waals surface area contributed by atoms with E-state index in [2.05, 4.69) is 21.4 Å². The number of rotatable bonds is 4. The second-order valence-electron chi connectivity index (χ2n) is 6.31. The molecule has 0 unspecified atom stereocenters. The number of para-hydroxylation sites is 1. The first-order valence-electron chi connectivity index (χ1n) is 8.87. The number of imidazole rings is 1. The molecule has 0 spiro atoms. The summed E-state index contributed by atoms with van der Waals surface area (Å²) >= 11 is 0. The molecule has 0 amide bonds. The molecule has 0 saturated carbocycles. The largest absolute Gasteiger partial charge is 0.439 e. The van der Waals surface area contributed by atoms with Gasteiger partial charge in [-0.1, -0.05) is 18.2 Å². The Bertz CT molecular complexity index is 1030. The van der Waals surface area contributed by atoms with Gasteiger partial charge in [-0.2, -0.15) is 5.10 Å². The Morgan fingerprint density at radius 1 is 1.04 bits per heavy atom. The van der Waals surface area contributed by atoms with Crippen molar-refractivity contribution in [3.63, 3.8) is 0 Å². The van der Waals surface area contributed by atoms with Crippen LogP contribution < -0.4 is 10.1 Å². The number of benzene rings is 1. The average Bonchev–Trinajstić information content (AvgIpc) is 3.36. The smallest absolute Gasteiger partial charge is 0.219 e. The van der Waals surface area contributed by atoms with Crippen LogP contribution in [0, 0.1) is 0 Å². The van der Waals surface area contributed by atoms with Crippen molar-refractivity contribution in [2.45, 2.75) is 13.1 Å². The van der Waals surface area contributed by atoms with Crippen LogP contribution in [-0.2, 0) is 13.1 Å². The third kappa shape index (κ3) is 3.09. The maximum atomic E-state index is 5.76. The number of nitrogens with zero attached hydrogens (tertiary/aromatic N) is 5. The van der Waals surface area contributed by atoms with E-state index in [1.165, 1.54) is 5.69 Å². The molecule has 4 heterocycles. The van der Waals surface area contributed by atoms with Gasteiger partial charge in [0.25, 0.3) is 0 Å². The molecular weight excluding hydrogens is 340 g/mol. The van der Waals surface area contributed by atoms with E-state index < -0.39 is 0 Å². The summed E-state index contributed by atoms with van der Waals surface area (Å²) < 4.78 is 9.79. The van der Waals surface area contributed by atoms with E-state index in [4.69, 9.17) is 9.84 Å². The average molecular weight is 358 g/mol. The number of hydrogen-bond acceptors (Lipinski definition) is 5. The molecule has 1 aromatic carbocycles. The van der Waals surface area contributed by atoms with Gasteiger partial charge in [-0.25, -0.2) is 9.97 Å².